The molecule has 0 aliphatic rings. The molecule has 0 atom stereocenters. The van der Waals surface area contributed by atoms with Gasteiger partial charge in [0.15, 0.2) is 0 Å². The Labute approximate surface area is 138 Å². The molecule has 0 heterocycles. The van der Waals surface area contributed by atoms with Crippen molar-refractivity contribution >= 4 is 17.5 Å². The number of hydrogen-bond donors (Lipinski definition) is 3. The zero-order chi connectivity index (χ0) is 17.7. The Morgan fingerprint density at radius 3 is 2.38 bits per heavy atom. The van der Waals surface area contributed by atoms with Crippen molar-refractivity contribution in [2.45, 2.75) is 6.54 Å². The SMILES string of the molecule is CNC(=O)c1c(N)ccc(C(=O)NCc2ccc(F)cc2)c1OC. The van der Waals surface area contributed by atoms with Gasteiger partial charge >= 0.3 is 0 Å². The van der Waals surface area contributed by atoms with Gasteiger partial charge in [-0.3, -0.25) is 9.59 Å². The van der Waals surface area contributed by atoms with Gasteiger partial charge in [0.1, 0.15) is 17.1 Å². The average molecular weight is 331 g/mol. The Balaban J connectivity index is 2.25. The van der Waals surface area contributed by atoms with Crippen molar-refractivity contribution in [2.75, 3.05) is 19.9 Å². The minimum Gasteiger partial charge on any atom is -0.495 e. The molecular weight excluding hydrogens is 313 g/mol. The van der Waals surface area contributed by atoms with Gasteiger partial charge in [0.05, 0.1) is 12.7 Å². The lowest BCUT2D eigenvalue weighted by Gasteiger charge is -2.15. The van der Waals surface area contributed by atoms with Gasteiger partial charge in [-0.2, -0.15) is 0 Å². The molecule has 2 aromatic carbocycles. The standard InChI is InChI=1S/C17H18FN3O3/c1-20-17(23)14-13(19)8-7-12(15(14)24-2)16(22)21-9-10-3-5-11(18)6-4-10/h3-8H,9,19H2,1-2H3,(H,20,23)(H,21,22). The summed E-state index contributed by atoms with van der Waals surface area (Å²) >= 11 is 0. The van der Waals surface area contributed by atoms with Crippen molar-refractivity contribution in [1.29, 1.82) is 0 Å². The molecule has 2 amide bonds. The number of amides is 2. The second-order valence-electron chi connectivity index (χ2n) is 5.00. The van der Waals surface area contributed by atoms with Crippen LogP contribution in [0.25, 0.3) is 0 Å². The zero-order valence-corrected chi connectivity index (χ0v) is 13.4. The number of ether oxygens (including phenoxy) is 1. The molecule has 0 radical (unpaired) electrons. The monoisotopic (exact) mass is 331 g/mol. The maximum absolute atomic E-state index is 12.9. The van der Waals surface area contributed by atoms with Crippen LogP contribution in [0, 0.1) is 5.82 Å². The molecule has 0 aliphatic heterocycles. The van der Waals surface area contributed by atoms with Gasteiger partial charge < -0.3 is 21.1 Å². The first-order chi connectivity index (χ1) is 11.5. The molecule has 7 heteroatoms. The maximum atomic E-state index is 12.9. The fraction of sp³-hybridized carbons (Fsp3) is 0.176. The van der Waals surface area contributed by atoms with Gasteiger partial charge in [0, 0.05) is 19.3 Å². The molecule has 0 spiro atoms. The minimum absolute atomic E-state index is 0.103. The van der Waals surface area contributed by atoms with Crippen molar-refractivity contribution in [3.05, 3.63) is 58.9 Å². The minimum atomic E-state index is -0.447. The third kappa shape index (κ3) is 3.62. The van der Waals surface area contributed by atoms with Crippen LogP contribution in [0.5, 0.6) is 5.75 Å². The molecule has 126 valence electrons. The first-order valence-electron chi connectivity index (χ1n) is 7.19. The maximum Gasteiger partial charge on any atom is 0.256 e. The number of methoxy groups -OCH3 is 1. The molecule has 24 heavy (non-hydrogen) atoms. The van der Waals surface area contributed by atoms with E-state index in [0.29, 0.717) is 0 Å². The highest BCUT2D eigenvalue weighted by molar-refractivity contribution is 6.07. The summed E-state index contributed by atoms with van der Waals surface area (Å²) in [7, 11) is 2.82. The normalized spacial score (nSPS) is 10.1. The number of benzene rings is 2. The number of carbonyl (C=O) groups excluding carboxylic acids is 2. The van der Waals surface area contributed by atoms with Crippen molar-refractivity contribution < 1.29 is 18.7 Å². The summed E-state index contributed by atoms with van der Waals surface area (Å²) in [6, 6.07) is 8.74. The van der Waals surface area contributed by atoms with E-state index in [1.165, 1.54) is 38.4 Å². The molecule has 6 nitrogen and oxygen atoms in total. The number of nitrogens with two attached hydrogens (primary N) is 1. The summed E-state index contributed by atoms with van der Waals surface area (Å²) < 4.78 is 18.1. The van der Waals surface area contributed by atoms with Crippen LogP contribution >= 0.6 is 0 Å². The van der Waals surface area contributed by atoms with E-state index in [1.54, 1.807) is 12.1 Å². The quantitative estimate of drug-likeness (QED) is 0.727. The number of nitrogen functional groups attached to an aromatic ring is 1. The summed E-state index contributed by atoms with van der Waals surface area (Å²) in [6.45, 7) is 0.210. The zero-order valence-electron chi connectivity index (χ0n) is 13.4. The van der Waals surface area contributed by atoms with Crippen LogP contribution in [-0.2, 0) is 6.54 Å². The van der Waals surface area contributed by atoms with Crippen LogP contribution in [0.1, 0.15) is 26.3 Å². The second kappa shape index (κ2) is 7.45. The lowest BCUT2D eigenvalue weighted by molar-refractivity contribution is 0.0947. The molecular formula is C17H18FN3O3. The first-order valence-corrected chi connectivity index (χ1v) is 7.19. The van der Waals surface area contributed by atoms with Crippen LogP contribution in [0.2, 0.25) is 0 Å². The predicted molar refractivity (Wildman–Crippen MR) is 88.4 cm³/mol. The molecule has 0 fully saturated rings. The number of rotatable bonds is 5. The molecule has 4 N–H and O–H groups in total. The smallest absolute Gasteiger partial charge is 0.256 e. The summed E-state index contributed by atoms with van der Waals surface area (Å²) in [5.74, 6) is -1.12. The largest absolute Gasteiger partial charge is 0.495 e. The van der Waals surface area contributed by atoms with E-state index in [9.17, 15) is 14.0 Å². The van der Waals surface area contributed by atoms with Crippen LogP contribution in [0.4, 0.5) is 10.1 Å². The number of halogens is 1. The highest BCUT2D eigenvalue weighted by Gasteiger charge is 2.22. The average Bonchev–Trinajstić information content (AvgIpc) is 2.59. The molecule has 0 saturated heterocycles. The Bertz CT molecular complexity index is 760. The molecule has 2 aromatic rings. The number of nitrogens with one attached hydrogen (secondary N) is 2. The van der Waals surface area contributed by atoms with Gasteiger partial charge in [-0.05, 0) is 29.8 Å². The Kier molecular flexibility index (Phi) is 5.36. The number of hydrogen-bond acceptors (Lipinski definition) is 4. The van der Waals surface area contributed by atoms with Gasteiger partial charge in [-0.25, -0.2) is 4.39 Å². The molecule has 0 unspecified atom stereocenters. The van der Waals surface area contributed by atoms with Crippen LogP contribution < -0.4 is 21.1 Å². The highest BCUT2D eigenvalue weighted by Crippen LogP contribution is 2.29. The van der Waals surface area contributed by atoms with Gasteiger partial charge in [0.2, 0.25) is 0 Å². The van der Waals surface area contributed by atoms with Crippen LogP contribution in [0.15, 0.2) is 36.4 Å². The topological polar surface area (TPSA) is 93.5 Å². The third-order valence-corrected chi connectivity index (χ3v) is 3.46. The van der Waals surface area contributed by atoms with E-state index in [2.05, 4.69) is 10.6 Å². The summed E-state index contributed by atoms with van der Waals surface area (Å²) in [5.41, 5.74) is 7.06. The lowest BCUT2D eigenvalue weighted by Crippen LogP contribution is -2.26. The fourth-order valence-corrected chi connectivity index (χ4v) is 2.23. The van der Waals surface area contributed by atoms with Crippen LogP contribution in [-0.4, -0.2) is 26.0 Å². The molecule has 2 rings (SSSR count). The van der Waals surface area contributed by atoms with E-state index >= 15 is 0 Å². The van der Waals surface area contributed by atoms with E-state index in [-0.39, 0.29) is 34.9 Å². The van der Waals surface area contributed by atoms with Crippen molar-refractivity contribution in [1.82, 2.24) is 10.6 Å². The summed E-state index contributed by atoms with van der Waals surface area (Å²) in [5, 5.41) is 5.16. The molecule has 0 aliphatic carbocycles. The highest BCUT2D eigenvalue weighted by atomic mass is 19.1. The second-order valence-corrected chi connectivity index (χ2v) is 5.00. The number of carbonyl (C=O) groups is 2. The summed E-state index contributed by atoms with van der Waals surface area (Å²) in [4.78, 5) is 24.4. The molecule has 0 saturated carbocycles. The van der Waals surface area contributed by atoms with Crippen molar-refractivity contribution in [2.24, 2.45) is 0 Å². The van der Waals surface area contributed by atoms with Gasteiger partial charge in [-0.15, -0.1) is 0 Å². The Morgan fingerprint density at radius 1 is 1.12 bits per heavy atom. The third-order valence-electron chi connectivity index (χ3n) is 3.46. The van der Waals surface area contributed by atoms with Crippen molar-refractivity contribution in [3.8, 4) is 5.75 Å². The van der Waals surface area contributed by atoms with Crippen LogP contribution in [0.3, 0.4) is 0 Å². The first kappa shape index (κ1) is 17.3. The van der Waals surface area contributed by atoms with Gasteiger partial charge in [0.25, 0.3) is 11.8 Å². The van der Waals surface area contributed by atoms with Crippen molar-refractivity contribution in [3.63, 3.8) is 0 Å². The molecule has 0 bridgehead atoms. The van der Waals surface area contributed by atoms with Gasteiger partial charge in [-0.1, -0.05) is 12.1 Å². The molecule has 0 aromatic heterocycles. The predicted octanol–water partition coefficient (Wildman–Crippen LogP) is 1.71. The van der Waals surface area contributed by atoms with E-state index in [4.69, 9.17) is 10.5 Å². The van der Waals surface area contributed by atoms with E-state index < -0.39 is 11.8 Å². The number of anilines is 1. The Morgan fingerprint density at radius 2 is 1.79 bits per heavy atom. The fourth-order valence-electron chi connectivity index (χ4n) is 2.23. The van der Waals surface area contributed by atoms with E-state index in [1.807, 2.05) is 0 Å². The summed E-state index contributed by atoms with van der Waals surface area (Å²) in [6.07, 6.45) is 0. The Hall–Kier alpha value is -3.09. The lowest BCUT2D eigenvalue weighted by atomic mass is 10.0. The van der Waals surface area contributed by atoms with E-state index in [0.717, 1.165) is 5.56 Å².